The lowest BCUT2D eigenvalue weighted by Gasteiger charge is -2.29. The first-order valence-corrected chi connectivity index (χ1v) is 8.14. The molecule has 2 aromatic rings. The van der Waals surface area contributed by atoms with Crippen LogP contribution in [0.25, 0.3) is 11.3 Å². The fraction of sp³-hybridized carbons (Fsp3) is 0.412. The van der Waals surface area contributed by atoms with Gasteiger partial charge in [0.05, 0.1) is 5.02 Å². The molecule has 1 amide bonds. The highest BCUT2D eigenvalue weighted by Crippen LogP contribution is 2.31. The van der Waals surface area contributed by atoms with Crippen LogP contribution in [-0.2, 0) is 0 Å². The van der Waals surface area contributed by atoms with E-state index in [1.165, 1.54) is 0 Å². The van der Waals surface area contributed by atoms with Gasteiger partial charge in [-0.2, -0.15) is 0 Å². The lowest BCUT2D eigenvalue weighted by Crippen LogP contribution is -2.43. The lowest BCUT2D eigenvalue weighted by molar-refractivity contribution is 0.0916. The third kappa shape index (κ3) is 3.41. The zero-order valence-electron chi connectivity index (χ0n) is 13.3. The molecule has 0 bridgehead atoms. The third-order valence-electron chi connectivity index (χ3n) is 4.27. The number of nitrogens with one attached hydrogen (secondary N) is 1. The summed E-state index contributed by atoms with van der Waals surface area (Å²) in [5.41, 5.74) is 1.68. The number of rotatable bonds is 3. The highest BCUT2D eigenvalue weighted by molar-refractivity contribution is 6.33. The van der Waals surface area contributed by atoms with Crippen molar-refractivity contribution in [2.45, 2.75) is 25.8 Å². The van der Waals surface area contributed by atoms with E-state index in [0.717, 1.165) is 25.9 Å². The molecule has 1 aliphatic rings. The van der Waals surface area contributed by atoms with Crippen LogP contribution in [0.15, 0.2) is 28.8 Å². The Morgan fingerprint density at radius 1 is 1.35 bits per heavy atom. The molecule has 1 saturated heterocycles. The smallest absolute Gasteiger partial charge is 0.257 e. The molecule has 5 nitrogen and oxygen atoms in total. The number of carbonyl (C=O) groups is 1. The van der Waals surface area contributed by atoms with Gasteiger partial charge in [0.2, 0.25) is 0 Å². The largest absolute Gasteiger partial charge is 0.360 e. The number of piperidine rings is 1. The highest BCUT2D eigenvalue weighted by atomic mass is 35.5. The maximum absolute atomic E-state index is 12.7. The Morgan fingerprint density at radius 3 is 2.74 bits per heavy atom. The van der Waals surface area contributed by atoms with E-state index >= 15 is 0 Å². The fourth-order valence-electron chi connectivity index (χ4n) is 2.89. The Hall–Kier alpha value is -1.85. The second kappa shape index (κ2) is 6.72. The second-order valence-electron chi connectivity index (χ2n) is 5.99. The SMILES string of the molecule is Cc1onc(-c2ccccc2Cl)c1C(=O)NC1CCN(C)CC1. The molecule has 2 heterocycles. The minimum atomic E-state index is -0.145. The van der Waals surface area contributed by atoms with Crippen molar-refractivity contribution in [3.05, 3.63) is 40.6 Å². The topological polar surface area (TPSA) is 58.4 Å². The monoisotopic (exact) mass is 333 g/mol. The standard InChI is InChI=1S/C17H20ClN3O2/c1-11-15(17(22)19-12-7-9-21(2)10-8-12)16(20-23-11)13-5-3-4-6-14(13)18/h3-6,12H,7-10H2,1-2H3,(H,19,22). The minimum absolute atomic E-state index is 0.145. The molecule has 23 heavy (non-hydrogen) atoms. The third-order valence-corrected chi connectivity index (χ3v) is 4.60. The molecule has 1 aromatic heterocycles. The van der Waals surface area contributed by atoms with Gasteiger partial charge in [0.15, 0.2) is 0 Å². The molecule has 3 rings (SSSR count). The molecular formula is C17H20ClN3O2. The number of halogens is 1. The molecule has 1 fully saturated rings. The summed E-state index contributed by atoms with van der Waals surface area (Å²) < 4.78 is 5.25. The number of amides is 1. The van der Waals surface area contributed by atoms with E-state index < -0.39 is 0 Å². The molecule has 122 valence electrons. The summed E-state index contributed by atoms with van der Waals surface area (Å²) in [6.45, 7) is 3.73. The lowest BCUT2D eigenvalue weighted by atomic mass is 10.0. The van der Waals surface area contributed by atoms with Crippen LogP contribution in [0.5, 0.6) is 0 Å². The summed E-state index contributed by atoms with van der Waals surface area (Å²) in [7, 11) is 2.09. The van der Waals surface area contributed by atoms with Gasteiger partial charge in [0.1, 0.15) is 17.0 Å². The van der Waals surface area contributed by atoms with E-state index in [-0.39, 0.29) is 11.9 Å². The number of carbonyl (C=O) groups excluding carboxylic acids is 1. The predicted molar refractivity (Wildman–Crippen MR) is 89.7 cm³/mol. The average molecular weight is 334 g/mol. The van der Waals surface area contributed by atoms with Crippen LogP contribution in [0.1, 0.15) is 29.0 Å². The number of nitrogens with zero attached hydrogens (tertiary/aromatic N) is 2. The number of hydrogen-bond donors (Lipinski definition) is 1. The molecule has 0 spiro atoms. The number of aromatic nitrogens is 1. The summed E-state index contributed by atoms with van der Waals surface area (Å²) in [5.74, 6) is 0.360. The van der Waals surface area contributed by atoms with Gasteiger partial charge in [-0.15, -0.1) is 0 Å². The first-order chi connectivity index (χ1) is 11.1. The second-order valence-corrected chi connectivity index (χ2v) is 6.40. The van der Waals surface area contributed by atoms with Gasteiger partial charge in [-0.1, -0.05) is 35.0 Å². The average Bonchev–Trinajstić information content (AvgIpc) is 2.91. The van der Waals surface area contributed by atoms with Gasteiger partial charge in [-0.25, -0.2) is 0 Å². The van der Waals surface area contributed by atoms with Crippen LogP contribution in [0.2, 0.25) is 5.02 Å². The van der Waals surface area contributed by atoms with Crippen LogP contribution in [0.3, 0.4) is 0 Å². The number of benzene rings is 1. The molecule has 1 aliphatic heterocycles. The molecular weight excluding hydrogens is 314 g/mol. The molecule has 1 aromatic carbocycles. The van der Waals surface area contributed by atoms with Crippen molar-refractivity contribution in [1.82, 2.24) is 15.4 Å². The summed E-state index contributed by atoms with van der Waals surface area (Å²) in [6, 6.07) is 7.51. The molecule has 0 atom stereocenters. The maximum Gasteiger partial charge on any atom is 0.257 e. The Kier molecular flexibility index (Phi) is 4.68. The predicted octanol–water partition coefficient (Wildman–Crippen LogP) is 3.13. The van der Waals surface area contributed by atoms with Crippen LogP contribution < -0.4 is 5.32 Å². The molecule has 0 aliphatic carbocycles. The van der Waals surface area contributed by atoms with Crippen molar-refractivity contribution in [3.63, 3.8) is 0 Å². The van der Waals surface area contributed by atoms with Gasteiger partial charge in [0.25, 0.3) is 5.91 Å². The van der Waals surface area contributed by atoms with Gasteiger partial charge < -0.3 is 14.7 Å². The highest BCUT2D eigenvalue weighted by Gasteiger charge is 2.26. The number of aryl methyl sites for hydroxylation is 1. The molecule has 0 unspecified atom stereocenters. The van der Waals surface area contributed by atoms with Crippen molar-refractivity contribution < 1.29 is 9.32 Å². The van der Waals surface area contributed by atoms with E-state index in [0.29, 0.717) is 27.6 Å². The van der Waals surface area contributed by atoms with Crippen molar-refractivity contribution in [2.24, 2.45) is 0 Å². The first kappa shape index (κ1) is 16.0. The summed E-state index contributed by atoms with van der Waals surface area (Å²) >= 11 is 6.23. The number of hydrogen-bond acceptors (Lipinski definition) is 4. The molecule has 6 heteroatoms. The normalized spacial score (nSPS) is 16.5. The van der Waals surface area contributed by atoms with Crippen LogP contribution in [0.4, 0.5) is 0 Å². The molecule has 0 radical (unpaired) electrons. The van der Waals surface area contributed by atoms with Crippen LogP contribution in [0, 0.1) is 6.92 Å². The van der Waals surface area contributed by atoms with Crippen LogP contribution >= 0.6 is 11.6 Å². The van der Waals surface area contributed by atoms with Gasteiger partial charge in [-0.3, -0.25) is 4.79 Å². The van der Waals surface area contributed by atoms with Gasteiger partial charge in [0, 0.05) is 11.6 Å². The first-order valence-electron chi connectivity index (χ1n) is 7.77. The van der Waals surface area contributed by atoms with Crippen molar-refractivity contribution in [3.8, 4) is 11.3 Å². The Labute approximate surface area is 140 Å². The van der Waals surface area contributed by atoms with Crippen molar-refractivity contribution in [2.75, 3.05) is 20.1 Å². The van der Waals surface area contributed by atoms with Crippen molar-refractivity contribution >= 4 is 17.5 Å². The Bertz CT molecular complexity index is 706. The van der Waals surface area contributed by atoms with Gasteiger partial charge in [-0.05, 0) is 46.0 Å². The maximum atomic E-state index is 12.7. The Balaban J connectivity index is 1.84. The van der Waals surface area contributed by atoms with E-state index in [4.69, 9.17) is 16.1 Å². The summed E-state index contributed by atoms with van der Waals surface area (Å²) in [4.78, 5) is 15.0. The molecule has 1 N–H and O–H groups in total. The molecule has 0 saturated carbocycles. The number of likely N-dealkylation sites (tertiary alicyclic amines) is 1. The van der Waals surface area contributed by atoms with Crippen molar-refractivity contribution in [1.29, 1.82) is 0 Å². The summed E-state index contributed by atoms with van der Waals surface area (Å²) in [5, 5.41) is 7.70. The zero-order valence-corrected chi connectivity index (χ0v) is 14.1. The zero-order chi connectivity index (χ0) is 16.4. The Morgan fingerprint density at radius 2 is 2.04 bits per heavy atom. The van der Waals surface area contributed by atoms with E-state index in [9.17, 15) is 4.79 Å². The quantitative estimate of drug-likeness (QED) is 0.937. The summed E-state index contributed by atoms with van der Waals surface area (Å²) in [6.07, 6.45) is 1.90. The van der Waals surface area contributed by atoms with E-state index in [2.05, 4.69) is 22.4 Å². The minimum Gasteiger partial charge on any atom is -0.360 e. The van der Waals surface area contributed by atoms with E-state index in [1.54, 1.807) is 13.0 Å². The van der Waals surface area contributed by atoms with E-state index in [1.807, 2.05) is 18.2 Å². The van der Waals surface area contributed by atoms with Crippen LogP contribution in [-0.4, -0.2) is 42.1 Å². The van der Waals surface area contributed by atoms with Gasteiger partial charge >= 0.3 is 0 Å². The fourth-order valence-corrected chi connectivity index (χ4v) is 3.11.